The van der Waals surface area contributed by atoms with E-state index in [-0.39, 0.29) is 5.92 Å². The Kier molecular flexibility index (Phi) is 3.15. The minimum atomic E-state index is 0.252. The lowest BCUT2D eigenvalue weighted by Gasteiger charge is -2.11. The molecule has 2 heterocycles. The lowest BCUT2D eigenvalue weighted by atomic mass is 9.98. The Morgan fingerprint density at radius 2 is 2.07 bits per heavy atom. The molecule has 2 rings (SSSR count). The van der Waals surface area contributed by atoms with Crippen molar-refractivity contribution in [3.8, 4) is 0 Å². The maximum atomic E-state index is 5.74. The maximum absolute atomic E-state index is 5.74. The van der Waals surface area contributed by atoms with Gasteiger partial charge in [0.2, 0.25) is 0 Å². The number of furan rings is 1. The van der Waals surface area contributed by atoms with E-state index >= 15 is 0 Å². The molecule has 2 aromatic heterocycles. The van der Waals surface area contributed by atoms with E-state index in [0.717, 1.165) is 12.2 Å². The molecule has 0 fully saturated rings. The monoisotopic (exact) mass is 202 g/mol. The van der Waals surface area contributed by atoms with Crippen molar-refractivity contribution < 1.29 is 4.42 Å². The van der Waals surface area contributed by atoms with Gasteiger partial charge in [0.05, 0.1) is 6.26 Å². The van der Waals surface area contributed by atoms with Crippen LogP contribution in [0.5, 0.6) is 0 Å². The molecule has 2 N–H and O–H groups in total. The number of aromatic nitrogens is 1. The molecular weight excluding hydrogens is 188 g/mol. The standard InChI is InChI=1S/C12H14N2O/c13-9-11(12-2-1-7-15-12)8-10-3-5-14-6-4-10/h1-7,11H,8-9,13H2. The van der Waals surface area contributed by atoms with E-state index in [1.807, 2.05) is 24.3 Å². The second kappa shape index (κ2) is 4.75. The molecule has 0 aromatic carbocycles. The quantitative estimate of drug-likeness (QED) is 0.824. The highest BCUT2D eigenvalue weighted by atomic mass is 16.3. The maximum Gasteiger partial charge on any atom is 0.108 e. The molecule has 0 aliphatic rings. The van der Waals surface area contributed by atoms with Gasteiger partial charge >= 0.3 is 0 Å². The molecule has 78 valence electrons. The van der Waals surface area contributed by atoms with Crippen LogP contribution < -0.4 is 5.73 Å². The predicted molar refractivity (Wildman–Crippen MR) is 58.4 cm³/mol. The summed E-state index contributed by atoms with van der Waals surface area (Å²) in [7, 11) is 0. The van der Waals surface area contributed by atoms with Gasteiger partial charge in [0.1, 0.15) is 5.76 Å². The molecule has 0 spiro atoms. The summed E-state index contributed by atoms with van der Waals surface area (Å²) in [4.78, 5) is 3.99. The highest BCUT2D eigenvalue weighted by Gasteiger charge is 2.12. The van der Waals surface area contributed by atoms with E-state index < -0.39 is 0 Å². The molecule has 1 atom stereocenters. The second-order valence-electron chi connectivity index (χ2n) is 3.51. The number of pyridine rings is 1. The summed E-state index contributed by atoms with van der Waals surface area (Å²) in [6.07, 6.45) is 6.17. The first-order valence-electron chi connectivity index (χ1n) is 5.02. The summed E-state index contributed by atoms with van der Waals surface area (Å²) in [6, 6.07) is 7.88. The third-order valence-corrected chi connectivity index (χ3v) is 2.46. The summed E-state index contributed by atoms with van der Waals surface area (Å²) >= 11 is 0. The molecule has 0 saturated carbocycles. The minimum Gasteiger partial charge on any atom is -0.469 e. The zero-order chi connectivity index (χ0) is 10.5. The first kappa shape index (κ1) is 9.93. The van der Waals surface area contributed by atoms with Crippen LogP contribution in [0.15, 0.2) is 47.3 Å². The highest BCUT2D eigenvalue weighted by molar-refractivity contribution is 5.16. The topological polar surface area (TPSA) is 52.0 Å². The van der Waals surface area contributed by atoms with Gasteiger partial charge in [-0.05, 0) is 36.2 Å². The largest absolute Gasteiger partial charge is 0.469 e. The Labute approximate surface area is 88.9 Å². The van der Waals surface area contributed by atoms with Crippen LogP contribution in [-0.4, -0.2) is 11.5 Å². The lowest BCUT2D eigenvalue weighted by Crippen LogP contribution is -2.14. The summed E-state index contributed by atoms with van der Waals surface area (Å²) in [5, 5.41) is 0. The van der Waals surface area contributed by atoms with E-state index in [2.05, 4.69) is 4.98 Å². The van der Waals surface area contributed by atoms with Crippen LogP contribution in [0.4, 0.5) is 0 Å². The molecule has 0 bridgehead atoms. The number of hydrogen-bond donors (Lipinski definition) is 1. The number of rotatable bonds is 4. The van der Waals surface area contributed by atoms with Crippen LogP contribution >= 0.6 is 0 Å². The van der Waals surface area contributed by atoms with Crippen LogP contribution in [0.1, 0.15) is 17.2 Å². The van der Waals surface area contributed by atoms with Crippen molar-refractivity contribution in [2.24, 2.45) is 5.73 Å². The Bertz CT molecular complexity index is 383. The third-order valence-electron chi connectivity index (χ3n) is 2.46. The van der Waals surface area contributed by atoms with Crippen molar-refractivity contribution in [3.63, 3.8) is 0 Å². The van der Waals surface area contributed by atoms with Gasteiger partial charge in [0, 0.05) is 24.9 Å². The van der Waals surface area contributed by atoms with Gasteiger partial charge < -0.3 is 10.2 Å². The fourth-order valence-electron chi connectivity index (χ4n) is 1.63. The third kappa shape index (κ3) is 2.44. The SMILES string of the molecule is NCC(Cc1ccncc1)c1ccco1. The molecule has 0 aliphatic carbocycles. The van der Waals surface area contributed by atoms with Gasteiger partial charge in [-0.3, -0.25) is 4.98 Å². The molecule has 3 heteroatoms. The highest BCUT2D eigenvalue weighted by Crippen LogP contribution is 2.19. The van der Waals surface area contributed by atoms with Crippen molar-refractivity contribution in [2.75, 3.05) is 6.54 Å². The van der Waals surface area contributed by atoms with Crippen LogP contribution in [0, 0.1) is 0 Å². The fraction of sp³-hybridized carbons (Fsp3) is 0.250. The van der Waals surface area contributed by atoms with Gasteiger partial charge in [-0.1, -0.05) is 0 Å². The second-order valence-corrected chi connectivity index (χ2v) is 3.51. The van der Waals surface area contributed by atoms with Crippen LogP contribution in [0.25, 0.3) is 0 Å². The van der Waals surface area contributed by atoms with E-state index in [9.17, 15) is 0 Å². The molecule has 0 radical (unpaired) electrons. The zero-order valence-electron chi connectivity index (χ0n) is 8.47. The van der Waals surface area contributed by atoms with Gasteiger partial charge in [-0.25, -0.2) is 0 Å². The van der Waals surface area contributed by atoms with Crippen molar-refractivity contribution in [3.05, 3.63) is 54.2 Å². The Morgan fingerprint density at radius 1 is 1.27 bits per heavy atom. The molecule has 0 saturated heterocycles. The lowest BCUT2D eigenvalue weighted by molar-refractivity contribution is 0.462. The Morgan fingerprint density at radius 3 is 2.67 bits per heavy atom. The Hall–Kier alpha value is -1.61. The number of hydrogen-bond acceptors (Lipinski definition) is 3. The fourth-order valence-corrected chi connectivity index (χ4v) is 1.63. The van der Waals surface area contributed by atoms with Crippen LogP contribution in [0.2, 0.25) is 0 Å². The van der Waals surface area contributed by atoms with Crippen LogP contribution in [-0.2, 0) is 6.42 Å². The average Bonchev–Trinajstić information content (AvgIpc) is 2.81. The van der Waals surface area contributed by atoms with Crippen LogP contribution in [0.3, 0.4) is 0 Å². The number of nitrogens with zero attached hydrogens (tertiary/aromatic N) is 1. The molecule has 1 unspecified atom stereocenters. The zero-order valence-corrected chi connectivity index (χ0v) is 8.47. The molecule has 2 aromatic rings. The van der Waals surface area contributed by atoms with E-state index in [1.54, 1.807) is 18.7 Å². The molecule has 15 heavy (non-hydrogen) atoms. The van der Waals surface area contributed by atoms with Crippen molar-refractivity contribution in [2.45, 2.75) is 12.3 Å². The van der Waals surface area contributed by atoms with Crippen molar-refractivity contribution in [1.29, 1.82) is 0 Å². The predicted octanol–water partition coefficient (Wildman–Crippen LogP) is 1.96. The minimum absolute atomic E-state index is 0.252. The summed E-state index contributed by atoms with van der Waals surface area (Å²) < 4.78 is 5.36. The van der Waals surface area contributed by atoms with Gasteiger partial charge in [-0.15, -0.1) is 0 Å². The molecular formula is C12H14N2O. The smallest absolute Gasteiger partial charge is 0.108 e. The molecule has 0 aliphatic heterocycles. The van der Waals surface area contributed by atoms with Gasteiger partial charge in [0.15, 0.2) is 0 Å². The Balaban J connectivity index is 2.10. The number of nitrogens with two attached hydrogens (primary N) is 1. The normalized spacial score (nSPS) is 12.6. The van der Waals surface area contributed by atoms with Gasteiger partial charge in [-0.2, -0.15) is 0 Å². The molecule has 0 amide bonds. The molecule has 3 nitrogen and oxygen atoms in total. The van der Waals surface area contributed by atoms with E-state index in [0.29, 0.717) is 6.54 Å². The van der Waals surface area contributed by atoms with Crippen molar-refractivity contribution >= 4 is 0 Å². The average molecular weight is 202 g/mol. The first-order chi connectivity index (χ1) is 7.40. The van der Waals surface area contributed by atoms with E-state index in [1.165, 1.54) is 5.56 Å². The first-order valence-corrected chi connectivity index (χ1v) is 5.02. The summed E-state index contributed by atoms with van der Waals surface area (Å²) in [5.74, 6) is 1.21. The summed E-state index contributed by atoms with van der Waals surface area (Å²) in [6.45, 7) is 0.593. The van der Waals surface area contributed by atoms with Crippen molar-refractivity contribution in [1.82, 2.24) is 4.98 Å². The summed E-state index contributed by atoms with van der Waals surface area (Å²) in [5.41, 5.74) is 6.97. The van der Waals surface area contributed by atoms with E-state index in [4.69, 9.17) is 10.2 Å². The van der Waals surface area contributed by atoms with Gasteiger partial charge in [0.25, 0.3) is 0 Å².